The van der Waals surface area contributed by atoms with Gasteiger partial charge in [-0.1, -0.05) is 36.4 Å². The van der Waals surface area contributed by atoms with E-state index in [-0.39, 0.29) is 5.91 Å². The third-order valence-corrected chi connectivity index (χ3v) is 4.41. The zero-order valence-electron chi connectivity index (χ0n) is 17.0. The number of hydrogen-bond donors (Lipinski definition) is 3. The molecule has 0 fully saturated rings. The van der Waals surface area contributed by atoms with Crippen LogP contribution in [-0.2, 0) is 11.2 Å². The van der Waals surface area contributed by atoms with Crippen LogP contribution in [-0.4, -0.2) is 20.9 Å². The molecule has 2 aromatic carbocycles. The van der Waals surface area contributed by atoms with Crippen LogP contribution in [0.4, 0.5) is 28.8 Å². The fourth-order valence-electron chi connectivity index (χ4n) is 3.03. The summed E-state index contributed by atoms with van der Waals surface area (Å²) in [6.07, 6.45) is 2.06. The van der Waals surface area contributed by atoms with Crippen LogP contribution in [0.2, 0.25) is 0 Å². The van der Waals surface area contributed by atoms with Gasteiger partial charge in [0, 0.05) is 23.6 Å². The SMILES string of the molecule is Cc1nc(Nc2ccc(NC(=O)Cc3ccccc3)cc2)cc(Nc2ccccn2)n1. The molecule has 0 aliphatic heterocycles. The number of nitrogens with zero attached hydrogens (tertiary/aromatic N) is 3. The van der Waals surface area contributed by atoms with Gasteiger partial charge >= 0.3 is 0 Å². The summed E-state index contributed by atoms with van der Waals surface area (Å²) in [6.45, 7) is 1.83. The molecule has 31 heavy (non-hydrogen) atoms. The van der Waals surface area contributed by atoms with Crippen molar-refractivity contribution in [2.24, 2.45) is 0 Å². The standard InChI is InChI=1S/C24H22N6O/c1-17-26-22(16-23(27-17)30-21-9-5-6-14-25-21)28-19-10-12-20(13-11-19)29-24(31)15-18-7-3-2-4-8-18/h2-14,16H,15H2,1H3,(H,29,31)(H2,25,26,27,28,30). The lowest BCUT2D eigenvalue weighted by Gasteiger charge is -2.11. The van der Waals surface area contributed by atoms with Gasteiger partial charge in [0.2, 0.25) is 5.91 Å². The Kier molecular flexibility index (Phi) is 6.13. The lowest BCUT2D eigenvalue weighted by Crippen LogP contribution is -2.14. The van der Waals surface area contributed by atoms with Crippen molar-refractivity contribution in [2.75, 3.05) is 16.0 Å². The van der Waals surface area contributed by atoms with E-state index in [1.165, 1.54) is 0 Å². The molecule has 4 aromatic rings. The zero-order valence-corrected chi connectivity index (χ0v) is 17.0. The molecule has 7 heteroatoms. The molecule has 0 aliphatic rings. The molecule has 154 valence electrons. The van der Waals surface area contributed by atoms with E-state index in [2.05, 4.69) is 30.9 Å². The van der Waals surface area contributed by atoms with Crippen molar-refractivity contribution in [1.29, 1.82) is 0 Å². The minimum atomic E-state index is -0.0522. The number of pyridine rings is 1. The summed E-state index contributed by atoms with van der Waals surface area (Å²) in [4.78, 5) is 25.3. The fourth-order valence-corrected chi connectivity index (χ4v) is 3.03. The van der Waals surface area contributed by atoms with Gasteiger partial charge in [-0.25, -0.2) is 15.0 Å². The predicted octanol–water partition coefficient (Wildman–Crippen LogP) is 4.85. The number of carbonyl (C=O) groups excluding carboxylic acids is 1. The molecule has 0 spiro atoms. The molecule has 2 heterocycles. The Morgan fingerprint density at radius 1 is 0.774 bits per heavy atom. The second-order valence-corrected chi connectivity index (χ2v) is 6.94. The molecular formula is C24H22N6O. The predicted molar refractivity (Wildman–Crippen MR) is 123 cm³/mol. The number of aryl methyl sites for hydroxylation is 1. The summed E-state index contributed by atoms with van der Waals surface area (Å²) < 4.78 is 0. The Labute approximate surface area is 180 Å². The fraction of sp³-hybridized carbons (Fsp3) is 0.0833. The summed E-state index contributed by atoms with van der Waals surface area (Å²) in [5, 5.41) is 9.36. The van der Waals surface area contributed by atoms with Crippen LogP contribution in [0, 0.1) is 6.92 Å². The third kappa shape index (κ3) is 5.86. The molecule has 0 radical (unpaired) electrons. The molecule has 7 nitrogen and oxygen atoms in total. The maximum absolute atomic E-state index is 12.2. The van der Waals surface area contributed by atoms with E-state index in [1.54, 1.807) is 6.20 Å². The van der Waals surface area contributed by atoms with Gasteiger partial charge in [-0.2, -0.15) is 0 Å². The van der Waals surface area contributed by atoms with Gasteiger partial charge < -0.3 is 16.0 Å². The maximum atomic E-state index is 12.2. The van der Waals surface area contributed by atoms with Crippen molar-refractivity contribution in [3.8, 4) is 0 Å². The van der Waals surface area contributed by atoms with Crippen molar-refractivity contribution in [2.45, 2.75) is 13.3 Å². The van der Waals surface area contributed by atoms with E-state index < -0.39 is 0 Å². The van der Waals surface area contributed by atoms with Gasteiger partial charge in [0.05, 0.1) is 6.42 Å². The van der Waals surface area contributed by atoms with Gasteiger partial charge in [0.25, 0.3) is 0 Å². The van der Waals surface area contributed by atoms with Crippen molar-refractivity contribution in [1.82, 2.24) is 15.0 Å². The Morgan fingerprint density at radius 2 is 1.45 bits per heavy atom. The van der Waals surface area contributed by atoms with Crippen LogP contribution in [0.5, 0.6) is 0 Å². The Morgan fingerprint density at radius 3 is 2.16 bits per heavy atom. The van der Waals surface area contributed by atoms with Crippen LogP contribution in [0.15, 0.2) is 85.1 Å². The molecule has 0 bridgehead atoms. The van der Waals surface area contributed by atoms with Crippen molar-refractivity contribution in [3.05, 3.63) is 96.4 Å². The van der Waals surface area contributed by atoms with Gasteiger partial charge in [-0.3, -0.25) is 4.79 Å². The minimum absolute atomic E-state index is 0.0522. The number of amides is 1. The second kappa shape index (κ2) is 9.49. The van der Waals surface area contributed by atoms with Gasteiger partial charge in [0.15, 0.2) is 0 Å². The molecular weight excluding hydrogens is 388 g/mol. The number of hydrogen-bond acceptors (Lipinski definition) is 6. The summed E-state index contributed by atoms with van der Waals surface area (Å²) in [5.41, 5.74) is 2.57. The number of carbonyl (C=O) groups is 1. The zero-order chi connectivity index (χ0) is 21.5. The highest BCUT2D eigenvalue weighted by Gasteiger charge is 2.06. The summed E-state index contributed by atoms with van der Waals surface area (Å²) in [7, 11) is 0. The third-order valence-electron chi connectivity index (χ3n) is 4.41. The quantitative estimate of drug-likeness (QED) is 0.403. The van der Waals surface area contributed by atoms with E-state index in [9.17, 15) is 4.79 Å². The van der Waals surface area contributed by atoms with E-state index in [0.29, 0.717) is 29.7 Å². The molecule has 0 aliphatic carbocycles. The van der Waals surface area contributed by atoms with Crippen LogP contribution in [0.25, 0.3) is 0 Å². The molecule has 1 amide bonds. The summed E-state index contributed by atoms with van der Waals surface area (Å²) in [5.74, 6) is 2.60. The summed E-state index contributed by atoms with van der Waals surface area (Å²) in [6, 6.07) is 24.6. The van der Waals surface area contributed by atoms with Crippen molar-refractivity contribution < 1.29 is 4.79 Å². The van der Waals surface area contributed by atoms with Crippen LogP contribution < -0.4 is 16.0 Å². The molecule has 2 aromatic heterocycles. The number of nitrogens with one attached hydrogen (secondary N) is 3. The number of rotatable bonds is 7. The molecule has 4 rings (SSSR count). The highest BCUT2D eigenvalue weighted by Crippen LogP contribution is 2.21. The van der Waals surface area contributed by atoms with Gasteiger partial charge in [0.1, 0.15) is 23.3 Å². The number of anilines is 5. The van der Waals surface area contributed by atoms with E-state index in [0.717, 1.165) is 16.9 Å². The topological polar surface area (TPSA) is 91.8 Å². The van der Waals surface area contributed by atoms with E-state index in [4.69, 9.17) is 0 Å². The second-order valence-electron chi connectivity index (χ2n) is 6.94. The molecule has 3 N–H and O–H groups in total. The lowest BCUT2D eigenvalue weighted by atomic mass is 10.1. The first kappa shape index (κ1) is 20.0. The van der Waals surface area contributed by atoms with Crippen LogP contribution in [0.3, 0.4) is 0 Å². The molecule has 0 atom stereocenters. The first-order chi connectivity index (χ1) is 15.1. The Balaban J connectivity index is 1.39. The molecule has 0 unspecified atom stereocenters. The maximum Gasteiger partial charge on any atom is 0.228 e. The average molecular weight is 410 g/mol. The largest absolute Gasteiger partial charge is 0.340 e. The number of aromatic nitrogens is 3. The first-order valence-electron chi connectivity index (χ1n) is 9.89. The van der Waals surface area contributed by atoms with Crippen molar-refractivity contribution in [3.63, 3.8) is 0 Å². The Hall–Kier alpha value is -4.26. The van der Waals surface area contributed by atoms with Crippen LogP contribution in [0.1, 0.15) is 11.4 Å². The van der Waals surface area contributed by atoms with E-state index in [1.807, 2.05) is 85.8 Å². The lowest BCUT2D eigenvalue weighted by molar-refractivity contribution is -0.115. The average Bonchev–Trinajstić information content (AvgIpc) is 2.76. The van der Waals surface area contributed by atoms with E-state index >= 15 is 0 Å². The van der Waals surface area contributed by atoms with Crippen LogP contribution >= 0.6 is 0 Å². The van der Waals surface area contributed by atoms with Gasteiger partial charge in [-0.15, -0.1) is 0 Å². The highest BCUT2D eigenvalue weighted by molar-refractivity contribution is 5.92. The first-order valence-corrected chi connectivity index (χ1v) is 9.89. The van der Waals surface area contributed by atoms with Gasteiger partial charge in [-0.05, 0) is 48.9 Å². The molecule has 0 saturated carbocycles. The normalized spacial score (nSPS) is 10.4. The minimum Gasteiger partial charge on any atom is -0.340 e. The highest BCUT2D eigenvalue weighted by atomic mass is 16.1. The van der Waals surface area contributed by atoms with Crippen molar-refractivity contribution >= 4 is 34.7 Å². The summed E-state index contributed by atoms with van der Waals surface area (Å²) >= 11 is 0. The monoisotopic (exact) mass is 410 g/mol. The Bertz CT molecular complexity index is 1150. The smallest absolute Gasteiger partial charge is 0.228 e. The number of benzene rings is 2. The molecule has 0 saturated heterocycles.